The summed E-state index contributed by atoms with van der Waals surface area (Å²) in [4.78, 5) is 3.52. The molecule has 2 aromatic carbocycles. The lowest BCUT2D eigenvalue weighted by Crippen LogP contribution is -2.37. The molecular formula is C16H17N2+. The van der Waals surface area contributed by atoms with E-state index in [-0.39, 0.29) is 0 Å². The van der Waals surface area contributed by atoms with Gasteiger partial charge in [0, 0.05) is 0 Å². The molecule has 18 heavy (non-hydrogen) atoms. The fraction of sp³-hybridized carbons (Fsp3) is 0.188. The molecule has 0 aliphatic heterocycles. The van der Waals surface area contributed by atoms with Gasteiger partial charge in [0.1, 0.15) is 0 Å². The van der Waals surface area contributed by atoms with Gasteiger partial charge in [0.25, 0.3) is 5.82 Å². The zero-order valence-electron chi connectivity index (χ0n) is 10.7. The van der Waals surface area contributed by atoms with E-state index in [2.05, 4.69) is 71.9 Å². The van der Waals surface area contributed by atoms with Crippen LogP contribution in [0.3, 0.4) is 0 Å². The van der Waals surface area contributed by atoms with Crippen LogP contribution in [-0.2, 0) is 0 Å². The van der Waals surface area contributed by atoms with Crippen molar-refractivity contribution in [2.24, 2.45) is 0 Å². The summed E-state index contributed by atoms with van der Waals surface area (Å²) in [5.41, 5.74) is 3.67. The van der Waals surface area contributed by atoms with E-state index in [0.29, 0.717) is 6.04 Å². The number of hydrogen-bond acceptors (Lipinski definition) is 0. The number of benzene rings is 2. The molecule has 2 nitrogen and oxygen atoms in total. The van der Waals surface area contributed by atoms with Crippen LogP contribution in [0.25, 0.3) is 22.4 Å². The molecule has 0 spiro atoms. The number of hydrogen-bond donors (Lipinski definition) is 1. The van der Waals surface area contributed by atoms with Crippen LogP contribution in [0, 0.1) is 0 Å². The Morgan fingerprint density at radius 2 is 1.56 bits per heavy atom. The first-order valence-electron chi connectivity index (χ1n) is 6.35. The Labute approximate surface area is 107 Å². The van der Waals surface area contributed by atoms with Gasteiger partial charge in [-0.25, -0.2) is 9.55 Å². The number of para-hydroxylation sites is 2. The van der Waals surface area contributed by atoms with Gasteiger partial charge in [0.05, 0.1) is 11.6 Å². The van der Waals surface area contributed by atoms with Crippen molar-refractivity contribution < 1.29 is 4.57 Å². The molecule has 0 aliphatic rings. The minimum atomic E-state index is 0.427. The van der Waals surface area contributed by atoms with Crippen molar-refractivity contribution in [1.29, 1.82) is 0 Å². The van der Waals surface area contributed by atoms with E-state index in [4.69, 9.17) is 0 Å². The standard InChI is InChI=1S/C16H16N2/c1-12(2)18-15-11-7-6-10-14(15)17-16(18)13-8-4-3-5-9-13/h3-12H,1-2H3/p+1. The van der Waals surface area contributed by atoms with E-state index in [0.717, 1.165) is 0 Å². The molecule has 0 saturated carbocycles. The summed E-state index contributed by atoms with van der Waals surface area (Å²) in [7, 11) is 0. The van der Waals surface area contributed by atoms with E-state index in [9.17, 15) is 0 Å². The Balaban J connectivity index is 2.32. The number of imidazole rings is 1. The first-order valence-corrected chi connectivity index (χ1v) is 6.35. The summed E-state index contributed by atoms with van der Waals surface area (Å²) in [6, 6.07) is 19.4. The summed E-state index contributed by atoms with van der Waals surface area (Å²) >= 11 is 0. The molecule has 1 N–H and O–H groups in total. The molecule has 0 radical (unpaired) electrons. The Bertz CT molecular complexity index is 666. The van der Waals surface area contributed by atoms with Crippen LogP contribution in [-0.4, -0.2) is 4.98 Å². The predicted molar refractivity (Wildman–Crippen MR) is 74.3 cm³/mol. The van der Waals surface area contributed by atoms with E-state index in [1.165, 1.54) is 22.4 Å². The second-order valence-corrected chi connectivity index (χ2v) is 4.82. The van der Waals surface area contributed by atoms with Gasteiger partial charge in [-0.1, -0.05) is 30.3 Å². The summed E-state index contributed by atoms with van der Waals surface area (Å²) in [5.74, 6) is 1.17. The van der Waals surface area contributed by atoms with Gasteiger partial charge < -0.3 is 0 Å². The van der Waals surface area contributed by atoms with Crippen LogP contribution in [0.15, 0.2) is 54.6 Å². The zero-order valence-corrected chi connectivity index (χ0v) is 10.7. The fourth-order valence-electron chi connectivity index (χ4n) is 2.44. The lowest BCUT2D eigenvalue weighted by molar-refractivity contribution is -0.680. The SMILES string of the molecule is CC(C)[n+]1c(-c2ccccc2)[nH]c2ccccc21. The van der Waals surface area contributed by atoms with Crippen molar-refractivity contribution in [3.05, 3.63) is 54.6 Å². The molecule has 3 aromatic rings. The number of nitrogens with one attached hydrogen (secondary N) is 1. The largest absolute Gasteiger partial charge is 0.287 e. The predicted octanol–water partition coefficient (Wildman–Crippen LogP) is 3.70. The highest BCUT2D eigenvalue weighted by atomic mass is 15.1. The summed E-state index contributed by atoms with van der Waals surface area (Å²) in [6.07, 6.45) is 0. The smallest absolute Gasteiger partial charge is 0.236 e. The molecule has 0 bridgehead atoms. The Hall–Kier alpha value is -2.09. The number of aromatic amines is 1. The third-order valence-corrected chi connectivity index (χ3v) is 3.22. The van der Waals surface area contributed by atoms with Gasteiger partial charge in [0.15, 0.2) is 11.0 Å². The quantitative estimate of drug-likeness (QED) is 0.656. The summed E-state index contributed by atoms with van der Waals surface area (Å²) < 4.78 is 2.35. The lowest BCUT2D eigenvalue weighted by atomic mass is 10.2. The number of H-pyrrole nitrogens is 1. The van der Waals surface area contributed by atoms with Gasteiger partial charge in [-0.15, -0.1) is 0 Å². The topological polar surface area (TPSA) is 19.7 Å². The van der Waals surface area contributed by atoms with Crippen molar-refractivity contribution in [3.63, 3.8) is 0 Å². The molecule has 3 rings (SSSR count). The minimum Gasteiger partial charge on any atom is -0.236 e. The second-order valence-electron chi connectivity index (χ2n) is 4.82. The molecule has 0 unspecified atom stereocenters. The van der Waals surface area contributed by atoms with Crippen molar-refractivity contribution in [2.75, 3.05) is 0 Å². The van der Waals surface area contributed by atoms with Crippen LogP contribution < -0.4 is 4.57 Å². The maximum Gasteiger partial charge on any atom is 0.287 e. The molecule has 90 valence electrons. The van der Waals surface area contributed by atoms with Crippen LogP contribution in [0.5, 0.6) is 0 Å². The monoisotopic (exact) mass is 237 g/mol. The third kappa shape index (κ3) is 1.70. The Morgan fingerprint density at radius 1 is 0.889 bits per heavy atom. The zero-order chi connectivity index (χ0) is 12.5. The van der Waals surface area contributed by atoms with Gasteiger partial charge in [0.2, 0.25) is 0 Å². The second kappa shape index (κ2) is 4.30. The summed E-state index contributed by atoms with van der Waals surface area (Å²) in [6.45, 7) is 4.43. The average Bonchev–Trinajstić information content (AvgIpc) is 2.79. The molecule has 1 aromatic heterocycles. The maximum atomic E-state index is 3.52. The lowest BCUT2D eigenvalue weighted by Gasteiger charge is -2.05. The molecule has 0 saturated heterocycles. The van der Waals surface area contributed by atoms with Gasteiger partial charge >= 0.3 is 0 Å². The van der Waals surface area contributed by atoms with Crippen molar-refractivity contribution in [1.82, 2.24) is 4.98 Å². The van der Waals surface area contributed by atoms with E-state index >= 15 is 0 Å². The van der Waals surface area contributed by atoms with E-state index in [1.807, 2.05) is 6.07 Å². The van der Waals surface area contributed by atoms with Crippen molar-refractivity contribution in [3.8, 4) is 11.4 Å². The van der Waals surface area contributed by atoms with Gasteiger partial charge in [-0.05, 0) is 38.1 Å². The van der Waals surface area contributed by atoms with E-state index < -0.39 is 0 Å². The van der Waals surface area contributed by atoms with Crippen molar-refractivity contribution in [2.45, 2.75) is 19.9 Å². The first kappa shape index (κ1) is 11.0. The van der Waals surface area contributed by atoms with E-state index in [1.54, 1.807) is 0 Å². The highest BCUT2D eigenvalue weighted by Gasteiger charge is 2.21. The van der Waals surface area contributed by atoms with Gasteiger partial charge in [-0.3, -0.25) is 0 Å². The highest BCUT2D eigenvalue weighted by Crippen LogP contribution is 2.20. The molecule has 0 aliphatic carbocycles. The van der Waals surface area contributed by atoms with Gasteiger partial charge in [-0.2, -0.15) is 0 Å². The summed E-state index contributed by atoms with van der Waals surface area (Å²) in [5, 5.41) is 0. The number of rotatable bonds is 2. The minimum absolute atomic E-state index is 0.427. The van der Waals surface area contributed by atoms with Crippen LogP contribution in [0.2, 0.25) is 0 Å². The number of fused-ring (bicyclic) bond motifs is 1. The molecule has 2 heteroatoms. The third-order valence-electron chi connectivity index (χ3n) is 3.22. The van der Waals surface area contributed by atoms with Crippen LogP contribution in [0.1, 0.15) is 19.9 Å². The number of aromatic nitrogens is 2. The maximum absolute atomic E-state index is 3.52. The van der Waals surface area contributed by atoms with Crippen molar-refractivity contribution >= 4 is 11.0 Å². The molecule has 0 atom stereocenters. The fourth-order valence-corrected chi connectivity index (χ4v) is 2.44. The first-order chi connectivity index (χ1) is 8.77. The number of nitrogens with zero attached hydrogens (tertiary/aromatic N) is 1. The normalized spacial score (nSPS) is 11.3. The van der Waals surface area contributed by atoms with Crippen LogP contribution >= 0.6 is 0 Å². The molecule has 0 fully saturated rings. The van der Waals surface area contributed by atoms with Crippen LogP contribution in [0.4, 0.5) is 0 Å². The Morgan fingerprint density at radius 3 is 2.28 bits per heavy atom. The highest BCUT2D eigenvalue weighted by molar-refractivity contribution is 5.74. The molecule has 0 amide bonds. The Kier molecular flexibility index (Phi) is 2.63. The molecular weight excluding hydrogens is 220 g/mol. The average molecular weight is 237 g/mol. The molecule has 1 heterocycles.